The Morgan fingerprint density at radius 2 is 1.64 bits per heavy atom. The smallest absolute Gasteiger partial charge is 0.387 e. The Hall–Kier alpha value is -3.36. The Labute approximate surface area is 159 Å². The number of alkyl halides is 2. The first-order chi connectivity index (χ1) is 13.3. The zero-order chi connectivity index (χ0) is 20.7. The molecule has 150 valence electrons. The van der Waals surface area contributed by atoms with E-state index in [1.165, 1.54) is 44.6 Å². The van der Waals surface area contributed by atoms with Gasteiger partial charge in [0.1, 0.15) is 5.75 Å². The maximum atomic E-state index is 12.4. The van der Waals surface area contributed by atoms with E-state index in [2.05, 4.69) is 10.1 Å². The molecule has 0 heterocycles. The van der Waals surface area contributed by atoms with Gasteiger partial charge in [0.2, 0.25) is 0 Å². The van der Waals surface area contributed by atoms with Crippen LogP contribution in [0.4, 0.5) is 8.78 Å². The van der Waals surface area contributed by atoms with Gasteiger partial charge in [0.25, 0.3) is 5.91 Å². The van der Waals surface area contributed by atoms with Crippen molar-refractivity contribution in [3.63, 3.8) is 0 Å². The Morgan fingerprint density at radius 1 is 1.00 bits per heavy atom. The SMILES string of the molecule is COc1cc(C(=O)O)ccc1CCNC(=O)c1ccc(OC(F)F)c(OC)c1. The summed E-state index contributed by atoms with van der Waals surface area (Å²) >= 11 is 0. The number of halogens is 2. The molecule has 0 saturated heterocycles. The van der Waals surface area contributed by atoms with Crippen molar-refractivity contribution < 1.29 is 37.7 Å². The van der Waals surface area contributed by atoms with Gasteiger partial charge in [-0.1, -0.05) is 6.07 Å². The molecule has 0 aliphatic carbocycles. The number of aromatic carboxylic acids is 1. The normalized spacial score (nSPS) is 10.5. The molecule has 0 aromatic heterocycles. The predicted molar refractivity (Wildman–Crippen MR) is 95.6 cm³/mol. The van der Waals surface area contributed by atoms with E-state index in [-0.39, 0.29) is 29.2 Å². The molecule has 28 heavy (non-hydrogen) atoms. The third-order valence-electron chi connectivity index (χ3n) is 3.86. The third kappa shape index (κ3) is 5.32. The van der Waals surface area contributed by atoms with Crippen LogP contribution in [0.3, 0.4) is 0 Å². The van der Waals surface area contributed by atoms with Gasteiger partial charge in [-0.3, -0.25) is 4.79 Å². The number of benzene rings is 2. The van der Waals surface area contributed by atoms with Crippen LogP contribution in [-0.4, -0.2) is 44.4 Å². The van der Waals surface area contributed by atoms with E-state index in [9.17, 15) is 18.4 Å². The minimum Gasteiger partial charge on any atom is -0.496 e. The van der Waals surface area contributed by atoms with E-state index in [1.807, 2.05) is 0 Å². The Kier molecular flexibility index (Phi) is 7.14. The molecular formula is C19H19F2NO6. The fraction of sp³-hybridized carbons (Fsp3) is 0.263. The number of hydrogen-bond acceptors (Lipinski definition) is 5. The molecule has 0 aliphatic heterocycles. The summed E-state index contributed by atoms with van der Waals surface area (Å²) in [5.41, 5.74) is 1.04. The van der Waals surface area contributed by atoms with Gasteiger partial charge >= 0.3 is 12.6 Å². The number of hydrogen-bond donors (Lipinski definition) is 2. The molecule has 2 aromatic rings. The number of carboxylic acid groups (broad SMARTS) is 1. The molecule has 2 N–H and O–H groups in total. The lowest BCUT2D eigenvalue weighted by Gasteiger charge is -2.12. The molecule has 0 saturated carbocycles. The molecule has 9 heteroatoms. The fourth-order valence-corrected chi connectivity index (χ4v) is 2.50. The van der Waals surface area contributed by atoms with Crippen LogP contribution in [0.15, 0.2) is 36.4 Å². The van der Waals surface area contributed by atoms with Crippen molar-refractivity contribution in [3.05, 3.63) is 53.1 Å². The number of methoxy groups -OCH3 is 2. The predicted octanol–water partition coefficient (Wildman–Crippen LogP) is 2.98. The van der Waals surface area contributed by atoms with Crippen LogP contribution in [0.2, 0.25) is 0 Å². The number of ether oxygens (including phenoxy) is 3. The van der Waals surface area contributed by atoms with Gasteiger partial charge in [0, 0.05) is 12.1 Å². The molecule has 0 bridgehead atoms. The summed E-state index contributed by atoms with van der Waals surface area (Å²) in [6.07, 6.45) is 0.401. The van der Waals surface area contributed by atoms with Gasteiger partial charge in [0.15, 0.2) is 11.5 Å². The molecule has 1 amide bonds. The lowest BCUT2D eigenvalue weighted by Crippen LogP contribution is -2.25. The van der Waals surface area contributed by atoms with Crippen molar-refractivity contribution in [3.8, 4) is 17.2 Å². The minimum absolute atomic E-state index is 0.0129. The quantitative estimate of drug-likeness (QED) is 0.678. The highest BCUT2D eigenvalue weighted by Crippen LogP contribution is 2.29. The van der Waals surface area contributed by atoms with Crippen LogP contribution in [0.5, 0.6) is 17.2 Å². The zero-order valence-electron chi connectivity index (χ0n) is 15.2. The van der Waals surface area contributed by atoms with Crippen molar-refractivity contribution in [2.24, 2.45) is 0 Å². The Bertz CT molecular complexity index is 856. The summed E-state index contributed by atoms with van der Waals surface area (Å²) in [5, 5.41) is 11.7. The average Bonchev–Trinajstić information content (AvgIpc) is 2.67. The molecule has 0 atom stereocenters. The van der Waals surface area contributed by atoms with Crippen LogP contribution in [0, 0.1) is 0 Å². The van der Waals surface area contributed by atoms with Crippen molar-refractivity contribution in [1.82, 2.24) is 5.32 Å². The summed E-state index contributed by atoms with van der Waals surface area (Å²) in [6, 6.07) is 8.36. The Morgan fingerprint density at radius 3 is 2.25 bits per heavy atom. The van der Waals surface area contributed by atoms with E-state index in [1.54, 1.807) is 6.07 Å². The summed E-state index contributed by atoms with van der Waals surface area (Å²) < 4.78 is 39.2. The molecule has 0 aliphatic rings. The number of carbonyl (C=O) groups is 2. The van der Waals surface area contributed by atoms with Crippen molar-refractivity contribution in [1.29, 1.82) is 0 Å². The lowest BCUT2D eigenvalue weighted by molar-refractivity contribution is -0.0512. The van der Waals surface area contributed by atoms with Gasteiger partial charge in [-0.25, -0.2) is 4.79 Å². The van der Waals surface area contributed by atoms with Crippen molar-refractivity contribution in [2.45, 2.75) is 13.0 Å². The fourth-order valence-electron chi connectivity index (χ4n) is 2.50. The summed E-state index contributed by atoms with van der Waals surface area (Å²) in [5.74, 6) is -1.24. The average molecular weight is 395 g/mol. The first-order valence-electron chi connectivity index (χ1n) is 8.17. The molecule has 2 aromatic carbocycles. The standard InChI is InChI=1S/C19H19F2NO6/c1-26-15-10-13(18(24)25)4-3-11(15)7-8-22-17(23)12-5-6-14(28-19(20)21)16(9-12)27-2/h3-6,9-10,19H,7-8H2,1-2H3,(H,22,23)(H,24,25). The van der Waals surface area contributed by atoms with Gasteiger partial charge in [-0.15, -0.1) is 0 Å². The molecular weight excluding hydrogens is 376 g/mol. The molecule has 0 unspecified atom stereocenters. The number of nitrogens with one attached hydrogen (secondary N) is 1. The van der Waals surface area contributed by atoms with Gasteiger partial charge in [-0.2, -0.15) is 8.78 Å². The monoisotopic (exact) mass is 395 g/mol. The lowest BCUT2D eigenvalue weighted by atomic mass is 10.1. The van der Waals surface area contributed by atoms with Gasteiger partial charge in [0.05, 0.1) is 19.8 Å². The van der Waals surface area contributed by atoms with E-state index in [0.29, 0.717) is 12.2 Å². The summed E-state index contributed by atoms with van der Waals surface area (Å²) in [4.78, 5) is 23.3. The van der Waals surface area contributed by atoms with Crippen molar-refractivity contribution >= 4 is 11.9 Å². The molecule has 0 fully saturated rings. The highest BCUT2D eigenvalue weighted by Gasteiger charge is 2.14. The second kappa shape index (κ2) is 9.54. The number of amides is 1. The maximum absolute atomic E-state index is 12.4. The molecule has 0 radical (unpaired) electrons. The number of rotatable bonds is 9. The van der Waals surface area contributed by atoms with Crippen LogP contribution in [0.1, 0.15) is 26.3 Å². The van der Waals surface area contributed by atoms with E-state index in [0.717, 1.165) is 5.56 Å². The first kappa shape index (κ1) is 20.9. The second-order valence-corrected chi connectivity index (χ2v) is 5.58. The minimum atomic E-state index is -3.00. The highest BCUT2D eigenvalue weighted by molar-refractivity contribution is 5.94. The Balaban J connectivity index is 2.02. The molecule has 0 spiro atoms. The van der Waals surface area contributed by atoms with Crippen LogP contribution in [-0.2, 0) is 6.42 Å². The zero-order valence-corrected chi connectivity index (χ0v) is 15.2. The van der Waals surface area contributed by atoms with E-state index in [4.69, 9.17) is 14.6 Å². The van der Waals surface area contributed by atoms with Crippen LogP contribution < -0.4 is 19.5 Å². The maximum Gasteiger partial charge on any atom is 0.387 e. The number of carbonyl (C=O) groups excluding carboxylic acids is 1. The van der Waals surface area contributed by atoms with Crippen LogP contribution in [0.25, 0.3) is 0 Å². The third-order valence-corrected chi connectivity index (χ3v) is 3.86. The summed E-state index contributed by atoms with van der Waals surface area (Å²) in [6.45, 7) is -2.75. The van der Waals surface area contributed by atoms with Gasteiger partial charge < -0.3 is 24.6 Å². The number of carboxylic acids is 1. The molecule has 2 rings (SSSR count). The highest BCUT2D eigenvalue weighted by atomic mass is 19.3. The second-order valence-electron chi connectivity index (χ2n) is 5.58. The van der Waals surface area contributed by atoms with E-state index >= 15 is 0 Å². The van der Waals surface area contributed by atoms with Gasteiger partial charge in [-0.05, 0) is 42.3 Å². The first-order valence-corrected chi connectivity index (χ1v) is 8.17. The van der Waals surface area contributed by atoms with Crippen molar-refractivity contribution in [2.75, 3.05) is 20.8 Å². The van der Waals surface area contributed by atoms with E-state index < -0.39 is 18.5 Å². The largest absolute Gasteiger partial charge is 0.496 e. The molecule has 7 nitrogen and oxygen atoms in total. The van der Waals surface area contributed by atoms with Crippen LogP contribution >= 0.6 is 0 Å². The summed E-state index contributed by atoms with van der Waals surface area (Å²) in [7, 11) is 2.71. The topological polar surface area (TPSA) is 94.1 Å².